The van der Waals surface area contributed by atoms with E-state index in [0.717, 1.165) is 25.2 Å². The lowest BCUT2D eigenvalue weighted by Gasteiger charge is -2.12. The van der Waals surface area contributed by atoms with Crippen molar-refractivity contribution in [3.63, 3.8) is 0 Å². The molecule has 2 N–H and O–H groups in total. The molecule has 0 amide bonds. The molecule has 1 aliphatic heterocycles. The first-order valence-corrected chi connectivity index (χ1v) is 8.16. The molecule has 1 aromatic carbocycles. The van der Waals surface area contributed by atoms with Crippen molar-refractivity contribution in [1.82, 2.24) is 10.0 Å². The predicted octanol–water partition coefficient (Wildman–Crippen LogP) is 2.28. The number of sulfonamides is 1. The average molecular weight is 377 g/mol. The minimum absolute atomic E-state index is 0. The van der Waals surface area contributed by atoms with Gasteiger partial charge in [-0.15, -0.1) is 12.4 Å². The second-order valence-corrected chi connectivity index (χ2v) is 7.39. The van der Waals surface area contributed by atoms with E-state index in [4.69, 9.17) is 11.6 Å². The summed E-state index contributed by atoms with van der Waals surface area (Å²) < 4.78 is 65.1. The number of fused-ring (bicyclic) bond motifs is 1. The van der Waals surface area contributed by atoms with Crippen molar-refractivity contribution >= 4 is 34.0 Å². The second-order valence-electron chi connectivity index (χ2n) is 5.27. The highest BCUT2D eigenvalue weighted by atomic mass is 35.5. The maximum atomic E-state index is 12.8. The number of halogens is 5. The van der Waals surface area contributed by atoms with Gasteiger partial charge >= 0.3 is 6.18 Å². The molecule has 2 aliphatic rings. The van der Waals surface area contributed by atoms with Gasteiger partial charge in [0.25, 0.3) is 0 Å². The minimum Gasteiger partial charge on any atom is -0.316 e. The van der Waals surface area contributed by atoms with Crippen molar-refractivity contribution in [3.05, 3.63) is 28.8 Å². The van der Waals surface area contributed by atoms with Gasteiger partial charge in [0.05, 0.1) is 15.5 Å². The summed E-state index contributed by atoms with van der Waals surface area (Å²) in [7, 11) is -3.98. The Kier molecular flexibility index (Phi) is 4.72. The zero-order valence-electron chi connectivity index (χ0n) is 11.0. The lowest BCUT2D eigenvalue weighted by Crippen LogP contribution is -2.32. The number of benzene rings is 1. The van der Waals surface area contributed by atoms with E-state index in [1.807, 2.05) is 0 Å². The van der Waals surface area contributed by atoms with Gasteiger partial charge in [0, 0.05) is 6.04 Å². The lowest BCUT2D eigenvalue weighted by atomic mass is 10.2. The molecular formula is C12H13Cl2F3N2O2S. The maximum absolute atomic E-state index is 12.8. The van der Waals surface area contributed by atoms with Crippen LogP contribution in [-0.4, -0.2) is 27.5 Å². The number of rotatable bonds is 3. The van der Waals surface area contributed by atoms with Gasteiger partial charge in [0.1, 0.15) is 0 Å². The summed E-state index contributed by atoms with van der Waals surface area (Å²) in [4.78, 5) is -0.419. The molecule has 2 unspecified atom stereocenters. The van der Waals surface area contributed by atoms with Crippen molar-refractivity contribution in [3.8, 4) is 0 Å². The molecule has 0 radical (unpaired) electrons. The molecule has 3 rings (SSSR count). The third-order valence-electron chi connectivity index (χ3n) is 3.94. The van der Waals surface area contributed by atoms with Gasteiger partial charge in [-0.25, -0.2) is 13.1 Å². The molecule has 1 heterocycles. The van der Waals surface area contributed by atoms with Crippen LogP contribution in [0.15, 0.2) is 23.1 Å². The second kappa shape index (κ2) is 5.83. The number of hydrogen-bond donors (Lipinski definition) is 2. The van der Waals surface area contributed by atoms with Crippen LogP contribution >= 0.6 is 24.0 Å². The fraction of sp³-hybridized carbons (Fsp3) is 0.500. The fourth-order valence-corrected chi connectivity index (χ4v) is 4.32. The first kappa shape index (κ1) is 17.8. The molecule has 2 atom stereocenters. The highest BCUT2D eigenvalue weighted by molar-refractivity contribution is 7.89. The Morgan fingerprint density at radius 2 is 1.82 bits per heavy atom. The normalized spacial score (nSPS) is 27.2. The van der Waals surface area contributed by atoms with Crippen molar-refractivity contribution < 1.29 is 21.6 Å². The SMILES string of the molecule is Cl.O=S(=O)(NC1C2CNCC21)c1ccc(Cl)c(C(F)(F)F)c1. The Hall–Kier alpha value is -0.540. The molecule has 1 saturated carbocycles. The molecule has 10 heteroatoms. The Morgan fingerprint density at radius 1 is 1.23 bits per heavy atom. The number of hydrogen-bond acceptors (Lipinski definition) is 3. The van der Waals surface area contributed by atoms with Crippen LogP contribution in [0.3, 0.4) is 0 Å². The quantitative estimate of drug-likeness (QED) is 0.850. The molecule has 1 aromatic rings. The van der Waals surface area contributed by atoms with Crippen molar-refractivity contribution in [1.29, 1.82) is 0 Å². The Morgan fingerprint density at radius 3 is 2.36 bits per heavy atom. The zero-order valence-corrected chi connectivity index (χ0v) is 13.4. The third-order valence-corrected chi connectivity index (χ3v) is 5.72. The van der Waals surface area contributed by atoms with Gasteiger partial charge < -0.3 is 5.32 Å². The predicted molar refractivity (Wildman–Crippen MR) is 77.7 cm³/mol. The van der Waals surface area contributed by atoms with Crippen LogP contribution in [0.25, 0.3) is 0 Å². The van der Waals surface area contributed by atoms with E-state index in [1.165, 1.54) is 0 Å². The summed E-state index contributed by atoms with van der Waals surface area (Å²) in [6.45, 7) is 1.46. The molecule has 0 bridgehead atoms. The summed E-state index contributed by atoms with van der Waals surface area (Å²) in [6.07, 6.45) is -4.69. The van der Waals surface area contributed by atoms with Crippen LogP contribution in [0.4, 0.5) is 13.2 Å². The molecule has 2 fully saturated rings. The first-order valence-electron chi connectivity index (χ1n) is 6.30. The Bertz CT molecular complexity index is 671. The number of nitrogens with one attached hydrogen (secondary N) is 2. The van der Waals surface area contributed by atoms with Crippen LogP contribution in [0, 0.1) is 11.8 Å². The number of alkyl halides is 3. The Balaban J connectivity index is 0.00000176. The van der Waals surface area contributed by atoms with Crippen LogP contribution < -0.4 is 10.0 Å². The fourth-order valence-electron chi connectivity index (χ4n) is 2.73. The minimum atomic E-state index is -4.69. The Labute approximate surface area is 136 Å². The smallest absolute Gasteiger partial charge is 0.316 e. The summed E-state index contributed by atoms with van der Waals surface area (Å²) in [5.41, 5.74) is -1.15. The largest absolute Gasteiger partial charge is 0.417 e. The summed E-state index contributed by atoms with van der Waals surface area (Å²) in [5, 5.41) is 2.59. The monoisotopic (exact) mass is 376 g/mol. The maximum Gasteiger partial charge on any atom is 0.417 e. The topological polar surface area (TPSA) is 58.2 Å². The van der Waals surface area contributed by atoms with Crippen LogP contribution in [0.2, 0.25) is 5.02 Å². The molecule has 0 spiro atoms. The van der Waals surface area contributed by atoms with Gasteiger partial charge in [-0.05, 0) is 43.1 Å². The first-order chi connectivity index (χ1) is 9.70. The third kappa shape index (κ3) is 3.21. The summed E-state index contributed by atoms with van der Waals surface area (Å²) >= 11 is 5.48. The van der Waals surface area contributed by atoms with E-state index in [1.54, 1.807) is 0 Å². The van der Waals surface area contributed by atoms with Gasteiger partial charge in [-0.2, -0.15) is 13.2 Å². The van der Waals surface area contributed by atoms with E-state index < -0.39 is 31.7 Å². The molecule has 22 heavy (non-hydrogen) atoms. The van der Waals surface area contributed by atoms with Crippen LogP contribution in [0.1, 0.15) is 5.56 Å². The highest BCUT2D eigenvalue weighted by Gasteiger charge is 2.54. The van der Waals surface area contributed by atoms with Crippen LogP contribution in [0.5, 0.6) is 0 Å². The van der Waals surface area contributed by atoms with E-state index in [9.17, 15) is 21.6 Å². The summed E-state index contributed by atoms with van der Waals surface area (Å²) in [6, 6.07) is 2.41. The number of piperidine rings is 1. The van der Waals surface area contributed by atoms with E-state index >= 15 is 0 Å². The lowest BCUT2D eigenvalue weighted by molar-refractivity contribution is -0.137. The van der Waals surface area contributed by atoms with E-state index in [2.05, 4.69) is 10.0 Å². The molecule has 1 saturated heterocycles. The van der Waals surface area contributed by atoms with Crippen molar-refractivity contribution in [2.75, 3.05) is 13.1 Å². The van der Waals surface area contributed by atoms with Crippen LogP contribution in [-0.2, 0) is 16.2 Å². The van der Waals surface area contributed by atoms with Crippen molar-refractivity contribution in [2.24, 2.45) is 11.8 Å². The molecule has 124 valence electrons. The van der Waals surface area contributed by atoms with Gasteiger partial charge in [-0.1, -0.05) is 11.6 Å². The van der Waals surface area contributed by atoms with E-state index in [0.29, 0.717) is 6.07 Å². The van der Waals surface area contributed by atoms with Gasteiger partial charge in [0.15, 0.2) is 0 Å². The highest BCUT2D eigenvalue weighted by Crippen LogP contribution is 2.42. The van der Waals surface area contributed by atoms with Crippen molar-refractivity contribution in [2.45, 2.75) is 17.1 Å². The molecule has 1 aliphatic carbocycles. The standard InChI is InChI=1S/C12H12ClF3N2O2S.ClH/c13-10-2-1-6(3-9(10)12(14,15)16)21(19,20)18-11-7-4-17-5-8(7)11;/h1-3,7-8,11,17-18H,4-5H2;1H. The zero-order chi connectivity index (χ0) is 15.4. The van der Waals surface area contributed by atoms with Gasteiger partial charge in [0.2, 0.25) is 10.0 Å². The van der Waals surface area contributed by atoms with Gasteiger partial charge in [-0.3, -0.25) is 0 Å². The average Bonchev–Trinajstić information content (AvgIpc) is 2.82. The molecule has 4 nitrogen and oxygen atoms in total. The molecular weight excluding hydrogens is 364 g/mol. The van der Waals surface area contributed by atoms with E-state index in [-0.39, 0.29) is 30.3 Å². The summed E-state index contributed by atoms with van der Waals surface area (Å²) in [5.74, 6) is 0.461. The molecule has 0 aromatic heterocycles.